The van der Waals surface area contributed by atoms with Crippen LogP contribution in [0.3, 0.4) is 0 Å². The summed E-state index contributed by atoms with van der Waals surface area (Å²) >= 11 is 1.19. The number of phenols is 1. The van der Waals surface area contributed by atoms with Crippen molar-refractivity contribution in [3.05, 3.63) is 65.0 Å². The summed E-state index contributed by atoms with van der Waals surface area (Å²) in [5.41, 5.74) is 2.46. The van der Waals surface area contributed by atoms with E-state index < -0.39 is 24.5 Å². The molecule has 0 saturated carbocycles. The first kappa shape index (κ1) is 24.8. The number of aryl methyl sites for hydroxylation is 1. The molecule has 1 amide bonds. The number of hydrogen-bond donors (Lipinski definition) is 2. The fourth-order valence-electron chi connectivity index (χ4n) is 3.20. The van der Waals surface area contributed by atoms with Crippen LogP contribution < -0.4 is 10.1 Å². The summed E-state index contributed by atoms with van der Waals surface area (Å²) in [4.78, 5) is 37.0. The van der Waals surface area contributed by atoms with E-state index in [0.717, 1.165) is 11.1 Å². The predicted molar refractivity (Wildman–Crippen MR) is 128 cm³/mol. The summed E-state index contributed by atoms with van der Waals surface area (Å²) in [6, 6.07) is 14.2. The molecule has 8 nitrogen and oxygen atoms in total. The second kappa shape index (κ2) is 11.9. The van der Waals surface area contributed by atoms with E-state index in [9.17, 15) is 19.5 Å². The first-order valence-corrected chi connectivity index (χ1v) is 11.5. The maximum atomic E-state index is 12.6. The number of benzene rings is 2. The Hall–Kier alpha value is -3.85. The van der Waals surface area contributed by atoms with Crippen LogP contribution in [0.1, 0.15) is 29.3 Å². The third-order valence-electron chi connectivity index (χ3n) is 4.83. The van der Waals surface area contributed by atoms with Crippen molar-refractivity contribution in [3.63, 3.8) is 0 Å². The molecule has 2 N–H and O–H groups in total. The highest BCUT2D eigenvalue weighted by Crippen LogP contribution is 2.36. The smallest absolute Gasteiger partial charge is 0.341 e. The average Bonchev–Trinajstić information content (AvgIpc) is 3.25. The van der Waals surface area contributed by atoms with E-state index in [4.69, 9.17) is 14.2 Å². The van der Waals surface area contributed by atoms with Crippen LogP contribution in [0.2, 0.25) is 0 Å². The molecule has 0 saturated heterocycles. The molecule has 2 aromatic carbocycles. The van der Waals surface area contributed by atoms with Gasteiger partial charge >= 0.3 is 11.9 Å². The quantitative estimate of drug-likeness (QED) is 0.411. The van der Waals surface area contributed by atoms with Gasteiger partial charge in [-0.15, -0.1) is 11.3 Å². The molecule has 0 aliphatic rings. The van der Waals surface area contributed by atoms with Crippen molar-refractivity contribution in [1.29, 1.82) is 0 Å². The Morgan fingerprint density at radius 1 is 1.06 bits per heavy atom. The second-order valence-corrected chi connectivity index (χ2v) is 8.03. The van der Waals surface area contributed by atoms with Crippen LogP contribution in [0.5, 0.6) is 11.5 Å². The van der Waals surface area contributed by atoms with Gasteiger partial charge in [-0.1, -0.05) is 36.4 Å². The van der Waals surface area contributed by atoms with Crippen LogP contribution >= 0.6 is 11.3 Å². The fourth-order valence-corrected chi connectivity index (χ4v) is 4.18. The molecular formula is C25H25NO7S. The van der Waals surface area contributed by atoms with E-state index in [-0.39, 0.29) is 24.3 Å². The summed E-state index contributed by atoms with van der Waals surface area (Å²) in [5, 5.41) is 14.6. The predicted octanol–water partition coefficient (Wildman–Crippen LogP) is 4.42. The van der Waals surface area contributed by atoms with Crippen LogP contribution in [-0.4, -0.2) is 43.3 Å². The number of ether oxygens (including phenoxy) is 3. The molecule has 0 spiro atoms. The zero-order valence-electron chi connectivity index (χ0n) is 18.8. The third kappa shape index (κ3) is 6.35. The second-order valence-electron chi connectivity index (χ2n) is 7.16. The summed E-state index contributed by atoms with van der Waals surface area (Å²) in [6.07, 6.45) is 0.362. The maximum absolute atomic E-state index is 12.6. The standard InChI is InChI=1S/C25H25NO7S/c1-3-32-25(30)23-18(17-7-5-4-6-8-17)15-34-24(23)26-21(28)14-33-22(29)12-10-16-9-11-20(31-2)19(27)13-16/h4-9,11,13,15,27H,3,10,12,14H2,1-2H3,(H,26,28). The summed E-state index contributed by atoms with van der Waals surface area (Å²) < 4.78 is 15.2. The molecule has 0 fully saturated rings. The summed E-state index contributed by atoms with van der Waals surface area (Å²) in [6.45, 7) is 1.41. The highest BCUT2D eigenvalue weighted by molar-refractivity contribution is 7.15. The Labute approximate surface area is 201 Å². The molecule has 9 heteroatoms. The van der Waals surface area contributed by atoms with Gasteiger partial charge in [0.05, 0.1) is 13.7 Å². The number of methoxy groups -OCH3 is 1. The first-order chi connectivity index (χ1) is 16.4. The number of rotatable bonds is 10. The van der Waals surface area contributed by atoms with Gasteiger partial charge in [-0.2, -0.15) is 0 Å². The lowest BCUT2D eigenvalue weighted by atomic mass is 10.0. The molecule has 0 aliphatic heterocycles. The molecule has 3 aromatic rings. The number of carbonyl (C=O) groups excluding carboxylic acids is 3. The Balaban J connectivity index is 1.59. The Morgan fingerprint density at radius 3 is 2.50 bits per heavy atom. The minimum Gasteiger partial charge on any atom is -0.504 e. The normalized spacial score (nSPS) is 10.4. The lowest BCUT2D eigenvalue weighted by Gasteiger charge is -2.09. The zero-order valence-corrected chi connectivity index (χ0v) is 19.6. The molecular weight excluding hydrogens is 458 g/mol. The molecule has 0 radical (unpaired) electrons. The lowest BCUT2D eigenvalue weighted by Crippen LogP contribution is -2.22. The summed E-state index contributed by atoms with van der Waals surface area (Å²) in [7, 11) is 1.45. The molecule has 0 aliphatic carbocycles. The SMILES string of the molecule is CCOC(=O)c1c(-c2ccccc2)csc1NC(=O)COC(=O)CCc1ccc(OC)c(O)c1. The maximum Gasteiger partial charge on any atom is 0.341 e. The zero-order chi connectivity index (χ0) is 24.5. The van der Waals surface area contributed by atoms with E-state index in [1.165, 1.54) is 24.5 Å². The van der Waals surface area contributed by atoms with Crippen molar-refractivity contribution in [2.24, 2.45) is 0 Å². The van der Waals surface area contributed by atoms with Crippen molar-refractivity contribution in [1.82, 2.24) is 0 Å². The van der Waals surface area contributed by atoms with Crippen LogP contribution in [0.4, 0.5) is 5.00 Å². The van der Waals surface area contributed by atoms with Gasteiger partial charge in [0.15, 0.2) is 18.1 Å². The van der Waals surface area contributed by atoms with Gasteiger partial charge in [-0.3, -0.25) is 9.59 Å². The highest BCUT2D eigenvalue weighted by atomic mass is 32.1. The minimum atomic E-state index is -0.567. The monoisotopic (exact) mass is 483 g/mol. The molecule has 0 atom stereocenters. The van der Waals surface area contributed by atoms with Crippen LogP contribution in [0, 0.1) is 0 Å². The van der Waals surface area contributed by atoms with Gasteiger partial charge in [-0.25, -0.2) is 4.79 Å². The van der Waals surface area contributed by atoms with E-state index in [0.29, 0.717) is 22.7 Å². The van der Waals surface area contributed by atoms with E-state index >= 15 is 0 Å². The molecule has 34 heavy (non-hydrogen) atoms. The number of amides is 1. The molecule has 178 valence electrons. The van der Waals surface area contributed by atoms with Gasteiger partial charge in [-0.05, 0) is 36.6 Å². The highest BCUT2D eigenvalue weighted by Gasteiger charge is 2.23. The average molecular weight is 484 g/mol. The molecule has 0 bridgehead atoms. The Kier molecular flexibility index (Phi) is 8.64. The van der Waals surface area contributed by atoms with E-state index in [1.807, 2.05) is 30.3 Å². The minimum absolute atomic E-state index is 0.0176. The van der Waals surface area contributed by atoms with Crippen molar-refractivity contribution in [2.45, 2.75) is 19.8 Å². The first-order valence-electron chi connectivity index (χ1n) is 10.6. The summed E-state index contributed by atoms with van der Waals surface area (Å²) in [5.74, 6) is -1.35. The van der Waals surface area contributed by atoms with Crippen molar-refractivity contribution in [3.8, 4) is 22.6 Å². The van der Waals surface area contributed by atoms with Crippen molar-refractivity contribution in [2.75, 3.05) is 25.6 Å². The van der Waals surface area contributed by atoms with E-state index in [1.54, 1.807) is 24.4 Å². The van der Waals surface area contributed by atoms with Gasteiger partial charge in [0.1, 0.15) is 10.6 Å². The number of nitrogens with one attached hydrogen (secondary N) is 1. The fraction of sp³-hybridized carbons (Fsp3) is 0.240. The number of carbonyl (C=O) groups is 3. The van der Waals surface area contributed by atoms with Crippen molar-refractivity contribution < 1.29 is 33.7 Å². The number of thiophene rings is 1. The van der Waals surface area contributed by atoms with Crippen LogP contribution in [0.25, 0.3) is 11.1 Å². The van der Waals surface area contributed by atoms with Gasteiger partial charge in [0.2, 0.25) is 0 Å². The third-order valence-corrected chi connectivity index (χ3v) is 5.73. The van der Waals surface area contributed by atoms with Gasteiger partial charge in [0.25, 0.3) is 5.91 Å². The number of esters is 2. The molecule has 1 aromatic heterocycles. The number of anilines is 1. The van der Waals surface area contributed by atoms with E-state index in [2.05, 4.69) is 5.32 Å². The van der Waals surface area contributed by atoms with Gasteiger partial charge < -0.3 is 24.6 Å². The topological polar surface area (TPSA) is 111 Å². The number of aromatic hydroxyl groups is 1. The molecule has 3 rings (SSSR count). The number of phenolic OH excluding ortho intramolecular Hbond substituents is 1. The number of hydrogen-bond acceptors (Lipinski definition) is 8. The largest absolute Gasteiger partial charge is 0.504 e. The Bertz CT molecular complexity index is 1160. The van der Waals surface area contributed by atoms with Gasteiger partial charge in [0, 0.05) is 17.4 Å². The molecule has 1 heterocycles. The van der Waals surface area contributed by atoms with Crippen molar-refractivity contribution >= 4 is 34.2 Å². The van der Waals surface area contributed by atoms with Crippen LogP contribution in [0.15, 0.2) is 53.9 Å². The van der Waals surface area contributed by atoms with Crippen LogP contribution in [-0.2, 0) is 25.5 Å². The molecule has 0 unspecified atom stereocenters. The lowest BCUT2D eigenvalue weighted by molar-refractivity contribution is -0.147. The Morgan fingerprint density at radius 2 is 1.82 bits per heavy atom.